The number of amides is 1. The number of halogens is 1. The van der Waals surface area contributed by atoms with E-state index in [1.807, 2.05) is 6.07 Å². The maximum Gasteiger partial charge on any atom is 0.253 e. The highest BCUT2D eigenvalue weighted by Crippen LogP contribution is 2.43. The molecule has 1 aliphatic carbocycles. The molecule has 1 amide bonds. The Morgan fingerprint density at radius 2 is 2.22 bits per heavy atom. The zero-order valence-electron chi connectivity index (χ0n) is 10.6. The minimum atomic E-state index is -0.0754. The van der Waals surface area contributed by atoms with Gasteiger partial charge in [0.15, 0.2) is 0 Å². The van der Waals surface area contributed by atoms with Crippen molar-refractivity contribution in [1.29, 1.82) is 0 Å². The van der Waals surface area contributed by atoms with Gasteiger partial charge in [0.05, 0.1) is 5.56 Å². The molecule has 1 aromatic rings. The molecule has 1 fully saturated rings. The molecule has 0 spiro atoms. The highest BCUT2D eigenvalue weighted by atomic mass is 79.9. The molecule has 0 aliphatic heterocycles. The molecule has 4 heteroatoms. The van der Waals surface area contributed by atoms with E-state index >= 15 is 0 Å². The maximum atomic E-state index is 12.1. The van der Waals surface area contributed by atoms with Gasteiger partial charge in [-0.3, -0.25) is 4.79 Å². The van der Waals surface area contributed by atoms with Crippen molar-refractivity contribution < 1.29 is 4.79 Å². The average Bonchev–Trinajstić information content (AvgIpc) is 2.31. The van der Waals surface area contributed by atoms with E-state index in [2.05, 4.69) is 28.2 Å². The zero-order valence-corrected chi connectivity index (χ0v) is 12.2. The summed E-state index contributed by atoms with van der Waals surface area (Å²) in [6.45, 7) is 2.95. The first kappa shape index (κ1) is 13.4. The van der Waals surface area contributed by atoms with E-state index in [1.165, 1.54) is 19.3 Å². The number of anilines is 1. The van der Waals surface area contributed by atoms with Crippen molar-refractivity contribution in [2.24, 2.45) is 5.41 Å². The Labute approximate surface area is 116 Å². The highest BCUT2D eigenvalue weighted by Gasteiger charge is 2.35. The summed E-state index contributed by atoms with van der Waals surface area (Å²) in [5.41, 5.74) is 7.23. The molecule has 3 nitrogen and oxygen atoms in total. The third kappa shape index (κ3) is 2.69. The van der Waals surface area contributed by atoms with Crippen LogP contribution in [-0.2, 0) is 0 Å². The summed E-state index contributed by atoms with van der Waals surface area (Å²) in [5, 5.41) is 3.02. The molecule has 0 aromatic heterocycles. The first-order valence-electron chi connectivity index (χ1n) is 6.39. The maximum absolute atomic E-state index is 12.1. The summed E-state index contributed by atoms with van der Waals surface area (Å²) in [4.78, 5) is 12.1. The Morgan fingerprint density at radius 1 is 1.50 bits per heavy atom. The topological polar surface area (TPSA) is 55.1 Å². The first-order valence-corrected chi connectivity index (χ1v) is 7.19. The van der Waals surface area contributed by atoms with Crippen LogP contribution in [0.4, 0.5) is 5.69 Å². The predicted molar refractivity (Wildman–Crippen MR) is 77.5 cm³/mol. The van der Waals surface area contributed by atoms with Crippen LogP contribution in [0.2, 0.25) is 0 Å². The Balaban J connectivity index is 2.01. The van der Waals surface area contributed by atoms with Crippen LogP contribution in [0, 0.1) is 5.41 Å². The lowest BCUT2D eigenvalue weighted by atomic mass is 9.67. The summed E-state index contributed by atoms with van der Waals surface area (Å²) in [6.07, 6.45) is 4.85. The predicted octanol–water partition coefficient (Wildman–Crippen LogP) is 3.34. The number of carbonyl (C=O) groups excluding carboxylic acids is 1. The van der Waals surface area contributed by atoms with Gasteiger partial charge in [-0.15, -0.1) is 0 Å². The van der Waals surface area contributed by atoms with E-state index in [4.69, 9.17) is 5.73 Å². The van der Waals surface area contributed by atoms with E-state index in [0.29, 0.717) is 16.7 Å². The van der Waals surface area contributed by atoms with E-state index in [9.17, 15) is 4.79 Å². The fourth-order valence-corrected chi connectivity index (χ4v) is 2.78. The van der Waals surface area contributed by atoms with E-state index in [-0.39, 0.29) is 5.91 Å². The van der Waals surface area contributed by atoms with Gasteiger partial charge in [-0.2, -0.15) is 0 Å². The third-order valence-corrected chi connectivity index (χ3v) is 4.54. The lowest BCUT2D eigenvalue weighted by Gasteiger charge is -2.41. The molecular weight excluding hydrogens is 292 g/mol. The number of rotatable bonds is 4. The highest BCUT2D eigenvalue weighted by molar-refractivity contribution is 9.10. The second kappa shape index (κ2) is 5.31. The van der Waals surface area contributed by atoms with Crippen LogP contribution in [0.3, 0.4) is 0 Å². The van der Waals surface area contributed by atoms with Gasteiger partial charge >= 0.3 is 0 Å². The number of hydrogen-bond acceptors (Lipinski definition) is 2. The van der Waals surface area contributed by atoms with Gasteiger partial charge in [0.2, 0.25) is 0 Å². The number of nitrogens with two attached hydrogens (primary N) is 1. The van der Waals surface area contributed by atoms with Gasteiger partial charge in [0.1, 0.15) is 0 Å². The zero-order chi connectivity index (χ0) is 13.2. The number of nitrogen functional groups attached to an aromatic ring is 1. The Morgan fingerprint density at radius 3 is 2.78 bits per heavy atom. The van der Waals surface area contributed by atoms with Crippen molar-refractivity contribution in [3.8, 4) is 0 Å². The fraction of sp³-hybridized carbons (Fsp3) is 0.500. The lowest BCUT2D eigenvalue weighted by Crippen LogP contribution is -2.41. The van der Waals surface area contributed by atoms with Crippen molar-refractivity contribution in [3.63, 3.8) is 0 Å². The summed E-state index contributed by atoms with van der Waals surface area (Å²) in [5.74, 6) is -0.0754. The second-order valence-electron chi connectivity index (χ2n) is 5.12. The second-order valence-corrected chi connectivity index (χ2v) is 6.04. The molecule has 98 valence electrons. The molecule has 2 rings (SSSR count). The fourth-order valence-electron chi connectivity index (χ4n) is 2.42. The molecular formula is C14H19BrN2O. The molecule has 1 aliphatic rings. The van der Waals surface area contributed by atoms with Crippen LogP contribution in [-0.4, -0.2) is 12.5 Å². The summed E-state index contributed by atoms with van der Waals surface area (Å²) < 4.78 is 0.871. The van der Waals surface area contributed by atoms with Gasteiger partial charge in [-0.25, -0.2) is 0 Å². The molecule has 0 atom stereocenters. The Kier molecular flexibility index (Phi) is 3.95. The number of carbonyl (C=O) groups is 1. The van der Waals surface area contributed by atoms with Gasteiger partial charge in [0.25, 0.3) is 5.91 Å². The smallest absolute Gasteiger partial charge is 0.253 e. The van der Waals surface area contributed by atoms with Gasteiger partial charge in [-0.1, -0.05) is 29.3 Å². The van der Waals surface area contributed by atoms with Crippen LogP contribution in [0.25, 0.3) is 0 Å². The van der Waals surface area contributed by atoms with E-state index in [0.717, 1.165) is 17.4 Å². The van der Waals surface area contributed by atoms with E-state index < -0.39 is 0 Å². The molecule has 0 heterocycles. The molecule has 0 bridgehead atoms. The van der Waals surface area contributed by atoms with Crippen molar-refractivity contribution in [2.45, 2.75) is 32.6 Å². The normalized spacial score (nSPS) is 17.0. The summed E-state index contributed by atoms with van der Waals surface area (Å²) >= 11 is 3.36. The molecule has 0 unspecified atom stereocenters. The van der Waals surface area contributed by atoms with Crippen molar-refractivity contribution in [3.05, 3.63) is 28.2 Å². The largest absolute Gasteiger partial charge is 0.398 e. The van der Waals surface area contributed by atoms with Gasteiger partial charge < -0.3 is 11.1 Å². The monoisotopic (exact) mass is 310 g/mol. The standard InChI is InChI=1S/C14H19BrN2O/c1-2-14(6-3-7-14)9-17-13(18)11-8-10(15)4-5-12(11)16/h4-5,8H,2-3,6-7,9,16H2,1H3,(H,17,18). The van der Waals surface area contributed by atoms with Crippen LogP contribution >= 0.6 is 15.9 Å². The van der Waals surface area contributed by atoms with E-state index in [1.54, 1.807) is 12.1 Å². The van der Waals surface area contributed by atoms with Gasteiger partial charge in [-0.05, 0) is 42.9 Å². The van der Waals surface area contributed by atoms with Crippen LogP contribution in [0.15, 0.2) is 22.7 Å². The van der Waals surface area contributed by atoms with Crippen LogP contribution in [0.1, 0.15) is 43.0 Å². The summed E-state index contributed by atoms with van der Waals surface area (Å²) in [7, 11) is 0. The lowest BCUT2D eigenvalue weighted by molar-refractivity contribution is 0.0851. The molecule has 0 saturated heterocycles. The minimum Gasteiger partial charge on any atom is -0.398 e. The third-order valence-electron chi connectivity index (χ3n) is 4.05. The minimum absolute atomic E-state index is 0.0754. The van der Waals surface area contributed by atoms with Crippen LogP contribution < -0.4 is 11.1 Å². The first-order chi connectivity index (χ1) is 8.56. The molecule has 1 saturated carbocycles. The quantitative estimate of drug-likeness (QED) is 0.838. The Hall–Kier alpha value is -1.03. The number of hydrogen-bond donors (Lipinski definition) is 2. The average molecular weight is 311 g/mol. The van der Waals surface area contributed by atoms with Crippen molar-refractivity contribution in [2.75, 3.05) is 12.3 Å². The number of nitrogens with one attached hydrogen (secondary N) is 1. The molecule has 18 heavy (non-hydrogen) atoms. The molecule has 1 aromatic carbocycles. The summed E-state index contributed by atoms with van der Waals surface area (Å²) in [6, 6.07) is 5.35. The van der Waals surface area contributed by atoms with Crippen molar-refractivity contribution >= 4 is 27.5 Å². The molecule has 0 radical (unpaired) electrons. The van der Waals surface area contributed by atoms with Crippen LogP contribution in [0.5, 0.6) is 0 Å². The van der Waals surface area contributed by atoms with Crippen molar-refractivity contribution in [1.82, 2.24) is 5.32 Å². The molecule has 3 N–H and O–H groups in total. The Bertz CT molecular complexity index is 450. The number of benzene rings is 1. The SMILES string of the molecule is CCC1(CNC(=O)c2cc(Br)ccc2N)CCC1. The van der Waals surface area contributed by atoms with Gasteiger partial charge in [0, 0.05) is 16.7 Å².